The van der Waals surface area contributed by atoms with Crippen LogP contribution >= 0.6 is 15.9 Å². The van der Waals surface area contributed by atoms with Crippen LogP contribution in [0.4, 0.5) is 0 Å². The Hall–Kier alpha value is 0.150. The van der Waals surface area contributed by atoms with Gasteiger partial charge in [0.15, 0.2) is 0 Å². The summed E-state index contributed by atoms with van der Waals surface area (Å²) >= 11 is 3.66. The second-order valence-corrected chi connectivity index (χ2v) is 9.11. The van der Waals surface area contributed by atoms with Crippen molar-refractivity contribution in [2.45, 2.75) is 128 Å². The largest absolute Gasteiger partial charge is 0.298 e. The van der Waals surface area contributed by atoms with Crippen molar-refractivity contribution < 1.29 is 4.79 Å². The lowest BCUT2D eigenvalue weighted by molar-refractivity contribution is -0.121. The zero-order valence-electron chi connectivity index (χ0n) is 16.1. The maximum absolute atomic E-state index is 12.3. The van der Waals surface area contributed by atoms with Crippen LogP contribution in [0.2, 0.25) is 0 Å². The van der Waals surface area contributed by atoms with Crippen LogP contribution in [0.25, 0.3) is 0 Å². The molecule has 23 heavy (non-hydrogen) atoms. The molecule has 0 amide bonds. The molecule has 0 aliphatic heterocycles. The first-order valence-electron chi connectivity index (χ1n) is 10.3. The zero-order valence-corrected chi connectivity index (χ0v) is 17.7. The number of carbonyl (C=O) groups is 1. The molecule has 0 radical (unpaired) electrons. The summed E-state index contributed by atoms with van der Waals surface area (Å²) in [6.45, 7) is 6.54. The number of rotatable bonds is 17. The third kappa shape index (κ3) is 14.2. The predicted octanol–water partition coefficient (Wildman–Crippen LogP) is 7.99. The number of unbranched alkanes of at least 4 members (excludes halogenated alkanes) is 12. The Balaban J connectivity index is 3.44. The number of Topliss-reactive ketones (excluding diaryl/α,β-unsaturated/α-hetero) is 1. The summed E-state index contributed by atoms with van der Waals surface area (Å²) in [6.07, 6.45) is 20.1. The van der Waals surface area contributed by atoms with Crippen molar-refractivity contribution in [3.63, 3.8) is 0 Å². The van der Waals surface area contributed by atoms with E-state index in [-0.39, 0.29) is 4.32 Å². The molecule has 0 rings (SSSR count). The van der Waals surface area contributed by atoms with Gasteiger partial charge in [-0.1, -0.05) is 113 Å². The van der Waals surface area contributed by atoms with Gasteiger partial charge < -0.3 is 0 Å². The Kier molecular flexibility index (Phi) is 15.8. The maximum atomic E-state index is 12.3. The van der Waals surface area contributed by atoms with Gasteiger partial charge in [-0.25, -0.2) is 0 Å². The Morgan fingerprint density at radius 1 is 0.696 bits per heavy atom. The number of halogens is 1. The Bertz CT molecular complexity index is 273. The van der Waals surface area contributed by atoms with E-state index < -0.39 is 0 Å². The van der Waals surface area contributed by atoms with Crippen LogP contribution in [0.5, 0.6) is 0 Å². The second kappa shape index (κ2) is 15.7. The molecule has 0 saturated heterocycles. The molecule has 0 bridgehead atoms. The maximum Gasteiger partial charge on any atom is 0.149 e. The van der Waals surface area contributed by atoms with Gasteiger partial charge in [-0.2, -0.15) is 0 Å². The van der Waals surface area contributed by atoms with Crippen molar-refractivity contribution in [3.8, 4) is 0 Å². The van der Waals surface area contributed by atoms with Gasteiger partial charge in [0.2, 0.25) is 0 Å². The number of carbonyl (C=O) groups excluding carboxylic acids is 1. The van der Waals surface area contributed by atoms with Crippen LogP contribution in [0, 0.1) is 0 Å². The first-order valence-corrected chi connectivity index (χ1v) is 11.1. The minimum absolute atomic E-state index is 0.277. The first-order chi connectivity index (χ1) is 11.0. The van der Waals surface area contributed by atoms with Crippen LogP contribution in [-0.4, -0.2) is 10.1 Å². The van der Waals surface area contributed by atoms with Gasteiger partial charge in [-0.15, -0.1) is 0 Å². The average Bonchev–Trinajstić information content (AvgIpc) is 2.52. The highest BCUT2D eigenvalue weighted by molar-refractivity contribution is 9.10. The third-order valence-corrected chi connectivity index (χ3v) is 5.68. The molecule has 2 heteroatoms. The van der Waals surface area contributed by atoms with Crippen molar-refractivity contribution in [3.05, 3.63) is 0 Å². The molecule has 0 aromatic rings. The van der Waals surface area contributed by atoms with Crippen LogP contribution in [-0.2, 0) is 4.79 Å². The molecule has 138 valence electrons. The lowest BCUT2D eigenvalue weighted by Gasteiger charge is -2.20. The molecule has 0 aliphatic carbocycles. The monoisotopic (exact) mass is 388 g/mol. The van der Waals surface area contributed by atoms with Crippen LogP contribution in [0.15, 0.2) is 0 Å². The number of hydrogen-bond donors (Lipinski definition) is 0. The van der Waals surface area contributed by atoms with Crippen LogP contribution in [0.3, 0.4) is 0 Å². The van der Waals surface area contributed by atoms with Crippen molar-refractivity contribution >= 4 is 21.7 Å². The summed E-state index contributed by atoms with van der Waals surface area (Å²) in [5.74, 6) is 0.407. The van der Waals surface area contributed by atoms with Gasteiger partial charge >= 0.3 is 0 Å². The van der Waals surface area contributed by atoms with E-state index in [9.17, 15) is 4.79 Å². The van der Waals surface area contributed by atoms with Crippen molar-refractivity contribution in [1.82, 2.24) is 0 Å². The number of hydrogen-bond acceptors (Lipinski definition) is 1. The summed E-state index contributed by atoms with van der Waals surface area (Å²) < 4.78 is -0.277. The molecule has 0 fully saturated rings. The van der Waals surface area contributed by atoms with E-state index in [0.717, 1.165) is 25.7 Å². The fourth-order valence-electron chi connectivity index (χ4n) is 3.06. The van der Waals surface area contributed by atoms with Crippen molar-refractivity contribution in [2.24, 2.45) is 0 Å². The van der Waals surface area contributed by atoms with Gasteiger partial charge in [0, 0.05) is 6.42 Å². The van der Waals surface area contributed by atoms with E-state index >= 15 is 0 Å². The summed E-state index contributed by atoms with van der Waals surface area (Å²) in [6, 6.07) is 0. The van der Waals surface area contributed by atoms with Crippen molar-refractivity contribution in [2.75, 3.05) is 0 Å². The van der Waals surface area contributed by atoms with E-state index in [4.69, 9.17) is 0 Å². The molecule has 1 nitrogen and oxygen atoms in total. The summed E-state index contributed by atoms with van der Waals surface area (Å²) in [5.41, 5.74) is 0. The molecule has 0 heterocycles. The van der Waals surface area contributed by atoms with E-state index in [0.29, 0.717) is 5.78 Å². The van der Waals surface area contributed by atoms with E-state index in [1.165, 1.54) is 77.0 Å². The highest BCUT2D eigenvalue weighted by Gasteiger charge is 2.27. The zero-order chi connectivity index (χ0) is 17.4. The lowest BCUT2D eigenvalue weighted by atomic mass is 9.94. The molecule has 1 atom stereocenters. The number of ketones is 1. The van der Waals surface area contributed by atoms with Crippen LogP contribution < -0.4 is 0 Å². The van der Waals surface area contributed by atoms with Gasteiger partial charge in [0.25, 0.3) is 0 Å². The first kappa shape index (κ1) is 23.1. The topological polar surface area (TPSA) is 17.1 Å². The standard InChI is InChI=1S/C21H41BrO/c1-4-6-8-9-10-11-12-13-14-15-16-18-20(23)21(3,22)19-17-7-5-2/h4-19H2,1-3H3. The quantitative estimate of drug-likeness (QED) is 0.182. The average molecular weight is 389 g/mol. The Morgan fingerprint density at radius 3 is 1.57 bits per heavy atom. The predicted molar refractivity (Wildman–Crippen MR) is 108 cm³/mol. The number of alkyl halides is 1. The Labute approximate surface area is 154 Å². The minimum atomic E-state index is -0.277. The molecule has 0 aliphatic rings. The molecule has 1 unspecified atom stereocenters. The lowest BCUT2D eigenvalue weighted by Crippen LogP contribution is -2.28. The molecule has 0 aromatic heterocycles. The third-order valence-electron chi connectivity index (χ3n) is 4.84. The summed E-state index contributed by atoms with van der Waals surface area (Å²) in [5, 5.41) is 0. The summed E-state index contributed by atoms with van der Waals surface area (Å²) in [4.78, 5) is 12.3. The molecular weight excluding hydrogens is 348 g/mol. The summed E-state index contributed by atoms with van der Waals surface area (Å²) in [7, 11) is 0. The van der Waals surface area contributed by atoms with E-state index in [2.05, 4.69) is 36.7 Å². The molecular formula is C21H41BrO. The highest BCUT2D eigenvalue weighted by Crippen LogP contribution is 2.28. The van der Waals surface area contributed by atoms with E-state index in [1.54, 1.807) is 0 Å². The second-order valence-electron chi connectivity index (χ2n) is 7.36. The fraction of sp³-hybridized carbons (Fsp3) is 0.952. The van der Waals surface area contributed by atoms with Gasteiger partial charge in [-0.05, 0) is 19.8 Å². The van der Waals surface area contributed by atoms with Crippen molar-refractivity contribution in [1.29, 1.82) is 0 Å². The minimum Gasteiger partial charge on any atom is -0.298 e. The van der Waals surface area contributed by atoms with E-state index in [1.807, 2.05) is 0 Å². The molecule has 0 spiro atoms. The van der Waals surface area contributed by atoms with Crippen LogP contribution in [0.1, 0.15) is 124 Å². The molecule has 0 N–H and O–H groups in total. The fourth-order valence-corrected chi connectivity index (χ4v) is 3.54. The Morgan fingerprint density at radius 2 is 1.09 bits per heavy atom. The molecule has 0 saturated carbocycles. The van der Waals surface area contributed by atoms with Gasteiger partial charge in [0.1, 0.15) is 5.78 Å². The van der Waals surface area contributed by atoms with Gasteiger partial charge in [-0.3, -0.25) is 4.79 Å². The smallest absolute Gasteiger partial charge is 0.149 e. The van der Waals surface area contributed by atoms with Gasteiger partial charge in [0.05, 0.1) is 4.32 Å². The normalized spacial score (nSPS) is 13.9. The highest BCUT2D eigenvalue weighted by atomic mass is 79.9. The SMILES string of the molecule is CCCCCCCCCCCCCC(=O)C(C)(Br)CCCCC. The molecule has 0 aromatic carbocycles.